The van der Waals surface area contributed by atoms with Crippen LogP contribution < -0.4 is 5.73 Å². The fraction of sp³-hybridized carbons (Fsp3) is 0.176. The van der Waals surface area contributed by atoms with Gasteiger partial charge < -0.3 is 5.73 Å². The molecule has 0 aliphatic carbocycles. The standard InChI is InChI=1S/C17H17ClN4/c1-12-15(18)5-2-6-16(12)22-17(10-14(21-22)7-8-19)13-4-3-9-20-11-13/h2-6,9-11H,7-8,19H2,1H3. The van der Waals surface area contributed by atoms with Gasteiger partial charge in [0, 0.05) is 29.4 Å². The van der Waals surface area contributed by atoms with Gasteiger partial charge in [-0.05, 0) is 49.4 Å². The molecule has 0 radical (unpaired) electrons. The van der Waals surface area contributed by atoms with Gasteiger partial charge in [0.25, 0.3) is 0 Å². The van der Waals surface area contributed by atoms with Gasteiger partial charge in [-0.1, -0.05) is 17.7 Å². The van der Waals surface area contributed by atoms with Crippen LogP contribution in [0.1, 0.15) is 11.3 Å². The summed E-state index contributed by atoms with van der Waals surface area (Å²) in [4.78, 5) is 4.20. The van der Waals surface area contributed by atoms with E-state index < -0.39 is 0 Å². The molecule has 4 nitrogen and oxygen atoms in total. The number of hydrogen-bond donors (Lipinski definition) is 1. The lowest BCUT2D eigenvalue weighted by Crippen LogP contribution is -2.05. The summed E-state index contributed by atoms with van der Waals surface area (Å²) in [6.45, 7) is 2.56. The van der Waals surface area contributed by atoms with Crippen molar-refractivity contribution in [2.75, 3.05) is 6.54 Å². The Hall–Kier alpha value is -2.17. The van der Waals surface area contributed by atoms with Crippen LogP contribution in [0.2, 0.25) is 5.02 Å². The SMILES string of the molecule is Cc1c(Cl)cccc1-n1nc(CCN)cc1-c1cccnc1. The summed E-state index contributed by atoms with van der Waals surface area (Å²) in [6.07, 6.45) is 4.33. The van der Waals surface area contributed by atoms with Crippen LogP contribution in [0.25, 0.3) is 16.9 Å². The Kier molecular flexibility index (Phi) is 4.22. The van der Waals surface area contributed by atoms with Gasteiger partial charge in [-0.3, -0.25) is 4.98 Å². The molecule has 0 spiro atoms. The Balaban J connectivity index is 2.19. The highest BCUT2D eigenvalue weighted by molar-refractivity contribution is 6.31. The lowest BCUT2D eigenvalue weighted by Gasteiger charge is -2.11. The number of rotatable bonds is 4. The second-order valence-corrected chi connectivity index (χ2v) is 5.50. The highest BCUT2D eigenvalue weighted by atomic mass is 35.5. The number of halogens is 1. The van der Waals surface area contributed by atoms with E-state index in [1.165, 1.54) is 0 Å². The molecular formula is C17H17ClN4. The van der Waals surface area contributed by atoms with E-state index in [1.54, 1.807) is 6.20 Å². The smallest absolute Gasteiger partial charge is 0.0759 e. The number of hydrogen-bond acceptors (Lipinski definition) is 3. The van der Waals surface area contributed by atoms with Crippen molar-refractivity contribution in [3.05, 3.63) is 65.1 Å². The zero-order valence-corrected chi connectivity index (χ0v) is 13.1. The van der Waals surface area contributed by atoms with E-state index in [-0.39, 0.29) is 0 Å². The van der Waals surface area contributed by atoms with Gasteiger partial charge in [0.1, 0.15) is 0 Å². The Labute approximate surface area is 134 Å². The molecule has 2 heterocycles. The molecule has 0 saturated carbocycles. The third-order valence-corrected chi connectivity index (χ3v) is 3.99. The normalized spacial score (nSPS) is 10.9. The van der Waals surface area contributed by atoms with E-state index in [0.29, 0.717) is 6.54 Å². The van der Waals surface area contributed by atoms with E-state index >= 15 is 0 Å². The molecule has 0 aliphatic heterocycles. The van der Waals surface area contributed by atoms with Crippen molar-refractivity contribution in [1.29, 1.82) is 0 Å². The van der Waals surface area contributed by atoms with Crippen LogP contribution in [0.4, 0.5) is 0 Å². The van der Waals surface area contributed by atoms with E-state index in [0.717, 1.165) is 39.6 Å². The topological polar surface area (TPSA) is 56.7 Å². The van der Waals surface area contributed by atoms with Crippen LogP contribution in [0.5, 0.6) is 0 Å². The maximum absolute atomic E-state index is 6.26. The van der Waals surface area contributed by atoms with E-state index in [9.17, 15) is 0 Å². The molecule has 22 heavy (non-hydrogen) atoms. The summed E-state index contributed by atoms with van der Waals surface area (Å²) < 4.78 is 1.92. The molecule has 0 atom stereocenters. The molecule has 2 N–H and O–H groups in total. The van der Waals surface area contributed by atoms with Gasteiger partial charge in [0.15, 0.2) is 0 Å². The minimum atomic E-state index is 0.567. The van der Waals surface area contributed by atoms with Gasteiger partial charge in [-0.25, -0.2) is 4.68 Å². The van der Waals surface area contributed by atoms with E-state index in [1.807, 2.05) is 48.1 Å². The molecule has 0 unspecified atom stereocenters. The van der Waals surface area contributed by atoms with Gasteiger partial charge in [-0.15, -0.1) is 0 Å². The van der Waals surface area contributed by atoms with Crippen LogP contribution in [-0.4, -0.2) is 21.3 Å². The second kappa shape index (κ2) is 6.30. The number of nitrogens with two attached hydrogens (primary N) is 1. The first kappa shape index (κ1) is 14.8. The summed E-state index contributed by atoms with van der Waals surface area (Å²) in [5, 5.41) is 5.43. The molecule has 0 saturated heterocycles. The molecule has 0 amide bonds. The van der Waals surface area contributed by atoms with Crippen LogP contribution in [0.15, 0.2) is 48.8 Å². The first-order valence-electron chi connectivity index (χ1n) is 7.15. The number of pyridine rings is 1. The fourth-order valence-electron chi connectivity index (χ4n) is 2.43. The molecule has 0 bridgehead atoms. The average molecular weight is 313 g/mol. The predicted molar refractivity (Wildman–Crippen MR) is 89.3 cm³/mol. The summed E-state index contributed by atoms with van der Waals surface area (Å²) in [6, 6.07) is 11.8. The summed E-state index contributed by atoms with van der Waals surface area (Å²) in [7, 11) is 0. The van der Waals surface area contributed by atoms with Crippen molar-refractivity contribution in [3.63, 3.8) is 0 Å². The van der Waals surface area contributed by atoms with E-state index in [2.05, 4.69) is 11.1 Å². The fourth-order valence-corrected chi connectivity index (χ4v) is 2.60. The Morgan fingerprint density at radius 1 is 1.23 bits per heavy atom. The summed E-state index contributed by atoms with van der Waals surface area (Å²) in [5.74, 6) is 0. The minimum Gasteiger partial charge on any atom is -0.330 e. The highest BCUT2D eigenvalue weighted by Crippen LogP contribution is 2.28. The van der Waals surface area contributed by atoms with Crippen LogP contribution in [0.3, 0.4) is 0 Å². The first-order chi connectivity index (χ1) is 10.7. The quantitative estimate of drug-likeness (QED) is 0.803. The van der Waals surface area contributed by atoms with Gasteiger partial charge in [0.2, 0.25) is 0 Å². The van der Waals surface area contributed by atoms with Gasteiger partial charge >= 0.3 is 0 Å². The third kappa shape index (κ3) is 2.75. The Morgan fingerprint density at radius 3 is 2.82 bits per heavy atom. The monoisotopic (exact) mass is 312 g/mol. The zero-order chi connectivity index (χ0) is 15.5. The zero-order valence-electron chi connectivity index (χ0n) is 12.3. The van der Waals surface area contributed by atoms with Crippen LogP contribution >= 0.6 is 11.6 Å². The lowest BCUT2D eigenvalue weighted by molar-refractivity contribution is 0.821. The van der Waals surface area contributed by atoms with Gasteiger partial charge in [0.05, 0.1) is 17.1 Å². The summed E-state index contributed by atoms with van der Waals surface area (Å²) in [5.41, 5.74) is 10.6. The van der Waals surface area contributed by atoms with Gasteiger partial charge in [-0.2, -0.15) is 5.10 Å². The Morgan fingerprint density at radius 2 is 2.09 bits per heavy atom. The number of benzene rings is 1. The largest absolute Gasteiger partial charge is 0.330 e. The van der Waals surface area contributed by atoms with Crippen molar-refractivity contribution in [2.24, 2.45) is 5.73 Å². The van der Waals surface area contributed by atoms with Crippen molar-refractivity contribution >= 4 is 11.6 Å². The van der Waals surface area contributed by atoms with Crippen LogP contribution in [-0.2, 0) is 6.42 Å². The molecule has 0 aliphatic rings. The predicted octanol–water partition coefficient (Wildman–Crippen LogP) is 3.40. The van der Waals surface area contributed by atoms with Crippen molar-refractivity contribution in [3.8, 4) is 16.9 Å². The van der Waals surface area contributed by atoms with Crippen molar-refractivity contribution < 1.29 is 0 Å². The highest BCUT2D eigenvalue weighted by Gasteiger charge is 2.14. The van der Waals surface area contributed by atoms with Crippen molar-refractivity contribution in [1.82, 2.24) is 14.8 Å². The lowest BCUT2D eigenvalue weighted by atomic mass is 10.1. The molecule has 3 aromatic rings. The third-order valence-electron chi connectivity index (χ3n) is 3.59. The van der Waals surface area contributed by atoms with E-state index in [4.69, 9.17) is 22.4 Å². The second-order valence-electron chi connectivity index (χ2n) is 5.10. The first-order valence-corrected chi connectivity index (χ1v) is 7.53. The molecule has 112 valence electrons. The van der Waals surface area contributed by atoms with Crippen LogP contribution in [0, 0.1) is 6.92 Å². The average Bonchev–Trinajstić information content (AvgIpc) is 2.95. The molecule has 0 fully saturated rings. The number of aromatic nitrogens is 3. The maximum Gasteiger partial charge on any atom is 0.0759 e. The number of nitrogens with zero attached hydrogens (tertiary/aromatic N) is 3. The molecule has 3 rings (SSSR count). The Bertz CT molecular complexity index is 781. The van der Waals surface area contributed by atoms with Crippen molar-refractivity contribution in [2.45, 2.75) is 13.3 Å². The molecule has 2 aromatic heterocycles. The molecule has 1 aromatic carbocycles. The maximum atomic E-state index is 6.26. The minimum absolute atomic E-state index is 0.567. The summed E-state index contributed by atoms with van der Waals surface area (Å²) >= 11 is 6.26. The molecule has 5 heteroatoms. The molecular weight excluding hydrogens is 296 g/mol.